The van der Waals surface area contributed by atoms with Crippen LogP contribution in [0.1, 0.15) is 46.4 Å². The van der Waals surface area contributed by atoms with Crippen molar-refractivity contribution in [2.75, 3.05) is 19.6 Å². The molecule has 1 N–H and O–H groups in total. The van der Waals surface area contributed by atoms with Crippen molar-refractivity contribution in [2.24, 2.45) is 5.92 Å². The summed E-state index contributed by atoms with van der Waals surface area (Å²) < 4.78 is 2.26. The molecule has 1 saturated heterocycles. The predicted octanol–water partition coefficient (Wildman–Crippen LogP) is 2.68. The van der Waals surface area contributed by atoms with E-state index in [1.54, 1.807) is 0 Å². The first-order valence-electron chi connectivity index (χ1n) is 8.46. The maximum atomic E-state index is 4.33. The molecule has 21 heavy (non-hydrogen) atoms. The molecule has 2 rings (SSSR count). The van der Waals surface area contributed by atoms with Gasteiger partial charge in [-0.3, -0.25) is 4.90 Å². The zero-order valence-electron chi connectivity index (χ0n) is 14.4. The lowest BCUT2D eigenvalue weighted by Gasteiger charge is -2.48. The molecular weight excluding hydrogens is 260 g/mol. The SMILES string of the molecule is CCC(C)C1CNC(C)(CC)CN1CCn1ccnc1C. The molecule has 0 bridgehead atoms. The van der Waals surface area contributed by atoms with Crippen LogP contribution in [0.15, 0.2) is 12.4 Å². The van der Waals surface area contributed by atoms with E-state index in [2.05, 4.69) is 60.6 Å². The third-order valence-electron chi connectivity index (χ3n) is 5.39. The largest absolute Gasteiger partial charge is 0.334 e. The number of aromatic nitrogens is 2. The summed E-state index contributed by atoms with van der Waals surface area (Å²) in [6.07, 6.45) is 6.42. The number of nitrogens with zero attached hydrogens (tertiary/aromatic N) is 3. The van der Waals surface area contributed by atoms with Crippen molar-refractivity contribution in [3.8, 4) is 0 Å². The van der Waals surface area contributed by atoms with Crippen molar-refractivity contribution >= 4 is 0 Å². The number of aryl methyl sites for hydroxylation is 1. The van der Waals surface area contributed by atoms with Crippen molar-refractivity contribution < 1.29 is 0 Å². The first-order chi connectivity index (χ1) is 9.99. The van der Waals surface area contributed by atoms with Gasteiger partial charge in [-0.15, -0.1) is 0 Å². The normalized spacial score (nSPS) is 28.7. The van der Waals surface area contributed by atoms with Crippen molar-refractivity contribution in [1.29, 1.82) is 0 Å². The van der Waals surface area contributed by atoms with E-state index in [9.17, 15) is 0 Å². The molecule has 0 amide bonds. The van der Waals surface area contributed by atoms with Crippen LogP contribution in [0.4, 0.5) is 0 Å². The van der Waals surface area contributed by atoms with Crippen LogP contribution in [0.25, 0.3) is 0 Å². The molecule has 0 spiro atoms. The molecule has 120 valence electrons. The summed E-state index contributed by atoms with van der Waals surface area (Å²) >= 11 is 0. The van der Waals surface area contributed by atoms with Crippen LogP contribution in [-0.2, 0) is 6.54 Å². The zero-order chi connectivity index (χ0) is 15.5. The Bertz CT molecular complexity index is 442. The average Bonchev–Trinajstić information content (AvgIpc) is 2.90. The number of hydrogen-bond donors (Lipinski definition) is 1. The molecule has 1 aromatic heterocycles. The minimum atomic E-state index is 0.258. The highest BCUT2D eigenvalue weighted by Crippen LogP contribution is 2.24. The molecule has 3 unspecified atom stereocenters. The third kappa shape index (κ3) is 3.86. The van der Waals surface area contributed by atoms with Gasteiger partial charge in [-0.1, -0.05) is 27.2 Å². The van der Waals surface area contributed by atoms with Gasteiger partial charge in [0.2, 0.25) is 0 Å². The topological polar surface area (TPSA) is 33.1 Å². The quantitative estimate of drug-likeness (QED) is 0.875. The summed E-state index contributed by atoms with van der Waals surface area (Å²) in [5.41, 5.74) is 0.258. The predicted molar refractivity (Wildman–Crippen MR) is 88.5 cm³/mol. The van der Waals surface area contributed by atoms with Crippen LogP contribution in [0.2, 0.25) is 0 Å². The molecule has 0 radical (unpaired) electrons. The van der Waals surface area contributed by atoms with E-state index in [1.807, 2.05) is 6.20 Å². The molecule has 3 atom stereocenters. The lowest BCUT2D eigenvalue weighted by atomic mass is 9.88. The van der Waals surface area contributed by atoms with E-state index in [-0.39, 0.29) is 5.54 Å². The van der Waals surface area contributed by atoms with Crippen LogP contribution in [0.5, 0.6) is 0 Å². The maximum absolute atomic E-state index is 4.33. The fourth-order valence-electron chi connectivity index (χ4n) is 3.29. The maximum Gasteiger partial charge on any atom is 0.105 e. The number of rotatable bonds is 6. The Morgan fingerprint density at radius 1 is 1.43 bits per heavy atom. The minimum Gasteiger partial charge on any atom is -0.334 e. The van der Waals surface area contributed by atoms with Gasteiger partial charge in [-0.2, -0.15) is 0 Å². The van der Waals surface area contributed by atoms with E-state index >= 15 is 0 Å². The van der Waals surface area contributed by atoms with E-state index in [0.29, 0.717) is 6.04 Å². The fourth-order valence-corrected chi connectivity index (χ4v) is 3.29. The molecular formula is C17H32N4. The van der Waals surface area contributed by atoms with E-state index in [4.69, 9.17) is 0 Å². The standard InChI is InChI=1S/C17H32N4/c1-6-14(3)16-12-19-17(5,7-2)13-21(16)11-10-20-9-8-18-15(20)4/h8-9,14,16,19H,6-7,10-13H2,1-5H3. The van der Waals surface area contributed by atoms with Crippen LogP contribution < -0.4 is 5.32 Å². The Hall–Kier alpha value is -0.870. The molecule has 1 aromatic rings. The molecule has 0 aromatic carbocycles. The van der Waals surface area contributed by atoms with Crippen molar-refractivity contribution in [2.45, 2.75) is 65.6 Å². The van der Waals surface area contributed by atoms with Crippen LogP contribution in [0.3, 0.4) is 0 Å². The minimum absolute atomic E-state index is 0.258. The van der Waals surface area contributed by atoms with Gasteiger partial charge in [-0.05, 0) is 26.2 Å². The third-order valence-corrected chi connectivity index (χ3v) is 5.39. The average molecular weight is 292 g/mol. The molecule has 4 nitrogen and oxygen atoms in total. The molecule has 0 saturated carbocycles. The number of piperazine rings is 1. The van der Waals surface area contributed by atoms with E-state index in [0.717, 1.165) is 37.9 Å². The fraction of sp³-hybridized carbons (Fsp3) is 0.824. The molecule has 1 fully saturated rings. The Balaban J connectivity index is 2.04. The van der Waals surface area contributed by atoms with E-state index < -0.39 is 0 Å². The second-order valence-corrected chi connectivity index (χ2v) is 6.89. The summed E-state index contributed by atoms with van der Waals surface area (Å²) in [6.45, 7) is 15.8. The van der Waals surface area contributed by atoms with Crippen LogP contribution >= 0.6 is 0 Å². The summed E-state index contributed by atoms with van der Waals surface area (Å²) in [5.74, 6) is 1.85. The highest BCUT2D eigenvalue weighted by atomic mass is 15.3. The highest BCUT2D eigenvalue weighted by Gasteiger charge is 2.36. The van der Waals surface area contributed by atoms with Crippen LogP contribution in [0, 0.1) is 12.8 Å². The van der Waals surface area contributed by atoms with Gasteiger partial charge < -0.3 is 9.88 Å². The first kappa shape index (κ1) is 16.5. The Labute approximate surface area is 129 Å². The Kier molecular flexibility index (Phi) is 5.44. The van der Waals surface area contributed by atoms with Gasteiger partial charge in [0.1, 0.15) is 5.82 Å². The van der Waals surface area contributed by atoms with Crippen LogP contribution in [-0.4, -0.2) is 45.7 Å². The molecule has 4 heteroatoms. The van der Waals surface area contributed by atoms with Gasteiger partial charge in [-0.25, -0.2) is 4.98 Å². The number of imidazole rings is 1. The van der Waals surface area contributed by atoms with Crippen molar-refractivity contribution in [3.05, 3.63) is 18.2 Å². The van der Waals surface area contributed by atoms with Crippen molar-refractivity contribution in [1.82, 2.24) is 19.8 Å². The van der Waals surface area contributed by atoms with Gasteiger partial charge >= 0.3 is 0 Å². The van der Waals surface area contributed by atoms with Gasteiger partial charge in [0.15, 0.2) is 0 Å². The molecule has 0 aliphatic carbocycles. The number of nitrogens with one attached hydrogen (secondary N) is 1. The molecule has 2 heterocycles. The first-order valence-corrected chi connectivity index (χ1v) is 8.46. The van der Waals surface area contributed by atoms with E-state index in [1.165, 1.54) is 12.8 Å². The zero-order valence-corrected chi connectivity index (χ0v) is 14.4. The lowest BCUT2D eigenvalue weighted by molar-refractivity contribution is 0.0521. The Morgan fingerprint density at radius 3 is 2.76 bits per heavy atom. The second kappa shape index (κ2) is 6.93. The summed E-state index contributed by atoms with van der Waals surface area (Å²) in [5, 5.41) is 3.78. The van der Waals surface area contributed by atoms with Gasteiger partial charge in [0, 0.05) is 50.2 Å². The van der Waals surface area contributed by atoms with Gasteiger partial charge in [0.25, 0.3) is 0 Å². The molecule has 1 aliphatic rings. The Morgan fingerprint density at radius 2 is 2.19 bits per heavy atom. The van der Waals surface area contributed by atoms with Crippen molar-refractivity contribution in [3.63, 3.8) is 0 Å². The smallest absolute Gasteiger partial charge is 0.105 e. The summed E-state index contributed by atoms with van der Waals surface area (Å²) in [4.78, 5) is 7.03. The lowest BCUT2D eigenvalue weighted by Crippen LogP contribution is -2.64. The number of hydrogen-bond acceptors (Lipinski definition) is 3. The molecule has 1 aliphatic heterocycles. The monoisotopic (exact) mass is 292 g/mol. The highest BCUT2D eigenvalue weighted by molar-refractivity contribution is 4.96. The van der Waals surface area contributed by atoms with Gasteiger partial charge in [0.05, 0.1) is 0 Å². The summed E-state index contributed by atoms with van der Waals surface area (Å²) in [7, 11) is 0. The summed E-state index contributed by atoms with van der Waals surface area (Å²) in [6, 6.07) is 0.651. The second-order valence-electron chi connectivity index (χ2n) is 6.89.